The molecule has 2 unspecified atom stereocenters. The highest BCUT2D eigenvalue weighted by Gasteiger charge is 2.25. The Kier molecular flexibility index (Phi) is 3.49. The van der Waals surface area contributed by atoms with E-state index in [2.05, 4.69) is 29.2 Å². The lowest BCUT2D eigenvalue weighted by atomic mass is 9.94. The van der Waals surface area contributed by atoms with Gasteiger partial charge >= 0.3 is 0 Å². The number of aryl methyl sites for hydroxylation is 1. The molecular formula is C12H22N4. The molecule has 2 rings (SSSR count). The second-order valence-corrected chi connectivity index (χ2v) is 4.75. The number of aromatic nitrogens is 2. The van der Waals surface area contributed by atoms with Crippen LogP contribution < -0.4 is 5.32 Å². The molecule has 90 valence electrons. The Bertz CT molecular complexity index is 334. The summed E-state index contributed by atoms with van der Waals surface area (Å²) in [6.45, 7) is 8.14. The lowest BCUT2D eigenvalue weighted by molar-refractivity contribution is 0.179. The van der Waals surface area contributed by atoms with E-state index >= 15 is 0 Å². The number of hydrogen-bond acceptors (Lipinski definition) is 3. The minimum atomic E-state index is 0.582. The van der Waals surface area contributed by atoms with E-state index in [0.29, 0.717) is 12.0 Å². The van der Waals surface area contributed by atoms with Crippen molar-refractivity contribution in [2.45, 2.75) is 26.3 Å². The number of likely N-dealkylation sites (tertiary alicyclic amines) is 1. The number of nitrogens with zero attached hydrogens (tertiary/aromatic N) is 3. The van der Waals surface area contributed by atoms with Crippen molar-refractivity contribution in [2.24, 2.45) is 13.0 Å². The van der Waals surface area contributed by atoms with Gasteiger partial charge in [0, 0.05) is 32.2 Å². The third-order valence-corrected chi connectivity index (χ3v) is 3.59. The fraction of sp³-hybridized carbons (Fsp3) is 0.750. The van der Waals surface area contributed by atoms with Gasteiger partial charge < -0.3 is 10.2 Å². The highest BCUT2D eigenvalue weighted by molar-refractivity contribution is 5.35. The first-order chi connectivity index (χ1) is 7.70. The monoisotopic (exact) mass is 222 g/mol. The quantitative estimate of drug-likeness (QED) is 0.842. The summed E-state index contributed by atoms with van der Waals surface area (Å²) < 4.78 is 1.90. The molecule has 1 aliphatic rings. The fourth-order valence-corrected chi connectivity index (χ4v) is 2.44. The first-order valence-electron chi connectivity index (χ1n) is 6.17. The molecule has 4 heteroatoms. The Balaban J connectivity index is 1.94. The molecule has 4 nitrogen and oxygen atoms in total. The van der Waals surface area contributed by atoms with Gasteiger partial charge in [0.2, 0.25) is 0 Å². The summed E-state index contributed by atoms with van der Waals surface area (Å²) in [7, 11) is 1.98. The third kappa shape index (κ3) is 2.38. The molecular weight excluding hydrogens is 200 g/mol. The zero-order valence-corrected chi connectivity index (χ0v) is 10.5. The number of nitrogens with one attached hydrogen (secondary N) is 1. The van der Waals surface area contributed by atoms with Crippen LogP contribution >= 0.6 is 0 Å². The molecule has 0 aromatic carbocycles. The molecule has 2 heterocycles. The van der Waals surface area contributed by atoms with Crippen molar-refractivity contribution in [3.63, 3.8) is 0 Å². The molecule has 0 amide bonds. The van der Waals surface area contributed by atoms with Crippen LogP contribution in [0.4, 0.5) is 5.82 Å². The Labute approximate surface area is 97.6 Å². The molecule has 16 heavy (non-hydrogen) atoms. The summed E-state index contributed by atoms with van der Waals surface area (Å²) in [4.78, 5) is 2.52. The van der Waals surface area contributed by atoms with Crippen LogP contribution in [-0.2, 0) is 7.05 Å². The van der Waals surface area contributed by atoms with Gasteiger partial charge in [-0.1, -0.05) is 13.8 Å². The van der Waals surface area contributed by atoms with Crippen molar-refractivity contribution in [1.29, 1.82) is 0 Å². The van der Waals surface area contributed by atoms with E-state index in [1.807, 2.05) is 24.0 Å². The van der Waals surface area contributed by atoms with Crippen LogP contribution in [-0.4, -0.2) is 40.4 Å². The van der Waals surface area contributed by atoms with Gasteiger partial charge in [-0.05, 0) is 18.9 Å². The molecule has 1 aromatic heterocycles. The smallest absolute Gasteiger partial charge is 0.124 e. The lowest BCUT2D eigenvalue weighted by Crippen LogP contribution is -2.45. The second kappa shape index (κ2) is 4.87. The van der Waals surface area contributed by atoms with Gasteiger partial charge in [0.1, 0.15) is 5.82 Å². The Hall–Kier alpha value is -1.03. The standard InChI is InChI=1S/C12H22N4/c1-4-16-8-6-11(10(2)9-16)14-12-5-7-13-15(12)3/h5,7,10-11,14H,4,6,8-9H2,1-3H3. The maximum absolute atomic E-state index is 4.18. The van der Waals surface area contributed by atoms with Crippen LogP contribution in [0.3, 0.4) is 0 Å². The summed E-state index contributed by atoms with van der Waals surface area (Å²) in [6, 6.07) is 2.62. The molecule has 1 aliphatic heterocycles. The van der Waals surface area contributed by atoms with Crippen molar-refractivity contribution >= 4 is 5.82 Å². The van der Waals surface area contributed by atoms with E-state index in [9.17, 15) is 0 Å². The van der Waals surface area contributed by atoms with Crippen molar-refractivity contribution in [2.75, 3.05) is 25.0 Å². The van der Waals surface area contributed by atoms with E-state index in [1.165, 1.54) is 26.1 Å². The highest BCUT2D eigenvalue weighted by Crippen LogP contribution is 2.20. The normalized spacial score (nSPS) is 26.9. The molecule has 0 bridgehead atoms. The molecule has 1 aromatic rings. The van der Waals surface area contributed by atoms with E-state index in [1.54, 1.807) is 0 Å². The van der Waals surface area contributed by atoms with Crippen LogP contribution in [0, 0.1) is 5.92 Å². The maximum atomic E-state index is 4.18. The van der Waals surface area contributed by atoms with Gasteiger partial charge in [0.15, 0.2) is 0 Å². The first-order valence-corrected chi connectivity index (χ1v) is 6.17. The Morgan fingerprint density at radius 2 is 2.38 bits per heavy atom. The van der Waals surface area contributed by atoms with Crippen molar-refractivity contribution < 1.29 is 0 Å². The van der Waals surface area contributed by atoms with E-state index < -0.39 is 0 Å². The molecule has 1 saturated heterocycles. The zero-order valence-electron chi connectivity index (χ0n) is 10.5. The first kappa shape index (κ1) is 11.5. The van der Waals surface area contributed by atoms with Crippen LogP contribution in [0.5, 0.6) is 0 Å². The molecule has 0 saturated carbocycles. The lowest BCUT2D eigenvalue weighted by Gasteiger charge is -2.37. The summed E-state index contributed by atoms with van der Waals surface area (Å²) in [5, 5.41) is 7.78. The summed E-state index contributed by atoms with van der Waals surface area (Å²) >= 11 is 0. The Morgan fingerprint density at radius 3 is 2.94 bits per heavy atom. The number of rotatable bonds is 3. The summed E-state index contributed by atoms with van der Waals surface area (Å²) in [5.41, 5.74) is 0. The predicted octanol–water partition coefficient (Wildman–Crippen LogP) is 1.56. The average Bonchev–Trinajstić information content (AvgIpc) is 2.67. The number of piperidine rings is 1. The van der Waals surface area contributed by atoms with Gasteiger partial charge in [-0.25, -0.2) is 0 Å². The average molecular weight is 222 g/mol. The van der Waals surface area contributed by atoms with E-state index in [4.69, 9.17) is 0 Å². The van der Waals surface area contributed by atoms with Crippen LogP contribution in [0.1, 0.15) is 20.3 Å². The zero-order chi connectivity index (χ0) is 11.5. The van der Waals surface area contributed by atoms with Crippen LogP contribution in [0.25, 0.3) is 0 Å². The van der Waals surface area contributed by atoms with E-state index in [-0.39, 0.29) is 0 Å². The topological polar surface area (TPSA) is 33.1 Å². The molecule has 0 radical (unpaired) electrons. The SMILES string of the molecule is CCN1CCC(Nc2ccnn2C)C(C)C1. The highest BCUT2D eigenvalue weighted by atomic mass is 15.3. The molecule has 1 fully saturated rings. The van der Waals surface area contributed by atoms with Gasteiger partial charge in [-0.2, -0.15) is 5.10 Å². The van der Waals surface area contributed by atoms with E-state index in [0.717, 1.165) is 5.82 Å². The van der Waals surface area contributed by atoms with Gasteiger partial charge in [0.05, 0.1) is 6.20 Å². The van der Waals surface area contributed by atoms with Crippen molar-refractivity contribution in [1.82, 2.24) is 14.7 Å². The largest absolute Gasteiger partial charge is 0.367 e. The second-order valence-electron chi connectivity index (χ2n) is 4.75. The van der Waals surface area contributed by atoms with Crippen LogP contribution in [0.15, 0.2) is 12.3 Å². The predicted molar refractivity (Wildman–Crippen MR) is 66.5 cm³/mol. The van der Waals surface area contributed by atoms with Gasteiger partial charge in [-0.3, -0.25) is 4.68 Å². The van der Waals surface area contributed by atoms with Crippen LogP contribution in [0.2, 0.25) is 0 Å². The molecule has 2 atom stereocenters. The molecule has 0 spiro atoms. The summed E-state index contributed by atoms with van der Waals surface area (Å²) in [5.74, 6) is 1.82. The fourth-order valence-electron chi connectivity index (χ4n) is 2.44. The molecule has 1 N–H and O–H groups in total. The van der Waals surface area contributed by atoms with Crippen molar-refractivity contribution in [3.8, 4) is 0 Å². The summed E-state index contributed by atoms with van der Waals surface area (Å²) in [6.07, 6.45) is 3.06. The van der Waals surface area contributed by atoms with Gasteiger partial charge in [-0.15, -0.1) is 0 Å². The van der Waals surface area contributed by atoms with Crippen molar-refractivity contribution in [3.05, 3.63) is 12.3 Å². The number of hydrogen-bond donors (Lipinski definition) is 1. The third-order valence-electron chi connectivity index (χ3n) is 3.59. The van der Waals surface area contributed by atoms with Gasteiger partial charge in [0.25, 0.3) is 0 Å². The Morgan fingerprint density at radius 1 is 1.56 bits per heavy atom. The minimum absolute atomic E-state index is 0.582. The minimum Gasteiger partial charge on any atom is -0.367 e. The maximum Gasteiger partial charge on any atom is 0.124 e. The molecule has 0 aliphatic carbocycles. The number of anilines is 1.